The molecule has 0 aliphatic heterocycles. The van der Waals surface area contributed by atoms with Gasteiger partial charge in [0.25, 0.3) is 0 Å². The molecule has 0 rings (SSSR count). The van der Waals surface area contributed by atoms with E-state index < -0.39 is 0 Å². The summed E-state index contributed by atoms with van der Waals surface area (Å²) in [5.41, 5.74) is 0. The summed E-state index contributed by atoms with van der Waals surface area (Å²) in [7, 11) is 0. The summed E-state index contributed by atoms with van der Waals surface area (Å²) in [6.07, 6.45) is 30.6. The molecule has 0 N–H and O–H groups in total. The van der Waals surface area contributed by atoms with Crippen molar-refractivity contribution in [1.82, 2.24) is 0 Å². The van der Waals surface area contributed by atoms with E-state index in [-0.39, 0.29) is 0 Å². The van der Waals surface area contributed by atoms with Crippen LogP contribution < -0.4 is 0 Å². The zero-order chi connectivity index (χ0) is 16.8. The first-order chi connectivity index (χ1) is 11.4. The van der Waals surface area contributed by atoms with Gasteiger partial charge in [0.05, 0.1) is 0 Å². The summed E-state index contributed by atoms with van der Waals surface area (Å²) in [5, 5.41) is 0. The molecule has 0 saturated carbocycles. The third-order valence-corrected chi connectivity index (χ3v) is 4.34. The fourth-order valence-corrected chi connectivity index (χ4v) is 2.84. The number of unbranched alkanes of at least 4 members (excludes halogenated alkanes) is 14. The van der Waals surface area contributed by atoms with Gasteiger partial charge < -0.3 is 4.79 Å². The minimum atomic E-state index is 0.531. The number of hydrogen-bond acceptors (Lipinski definition) is 1. The van der Waals surface area contributed by atoms with Gasteiger partial charge in [-0.05, 0) is 12.8 Å². The lowest BCUT2D eigenvalue weighted by Crippen LogP contribution is -1.83. The van der Waals surface area contributed by atoms with E-state index in [1.807, 2.05) is 12.2 Å². The lowest BCUT2D eigenvalue weighted by atomic mass is 10.0. The van der Waals surface area contributed by atoms with E-state index in [0.717, 1.165) is 6.29 Å². The SMILES string of the molecule is CCCCCCCCCCCCCCCCC=CC=CCC=O. The molecule has 1 heteroatoms. The van der Waals surface area contributed by atoms with Crippen LogP contribution in [0.25, 0.3) is 0 Å². The molecule has 0 amide bonds. The Morgan fingerprint density at radius 1 is 0.565 bits per heavy atom. The van der Waals surface area contributed by atoms with Crippen LogP contribution in [0.1, 0.15) is 110 Å². The molecule has 23 heavy (non-hydrogen) atoms. The van der Waals surface area contributed by atoms with E-state index in [0.29, 0.717) is 6.42 Å². The van der Waals surface area contributed by atoms with Gasteiger partial charge in [-0.15, -0.1) is 0 Å². The highest BCUT2D eigenvalue weighted by atomic mass is 16.1. The Balaban J connectivity index is 3.06. The highest BCUT2D eigenvalue weighted by molar-refractivity contribution is 5.52. The molecule has 0 aromatic heterocycles. The summed E-state index contributed by atoms with van der Waals surface area (Å²) >= 11 is 0. The number of carbonyl (C=O) groups is 1. The van der Waals surface area contributed by atoms with E-state index in [1.165, 1.54) is 96.3 Å². The Morgan fingerprint density at radius 2 is 1.00 bits per heavy atom. The van der Waals surface area contributed by atoms with Gasteiger partial charge in [-0.2, -0.15) is 0 Å². The van der Waals surface area contributed by atoms with Gasteiger partial charge in [-0.25, -0.2) is 0 Å². The molecular weight excluding hydrogens is 280 g/mol. The van der Waals surface area contributed by atoms with Gasteiger partial charge in [0.1, 0.15) is 6.29 Å². The highest BCUT2D eigenvalue weighted by Gasteiger charge is 1.93. The lowest BCUT2D eigenvalue weighted by molar-refractivity contribution is -0.107. The average Bonchev–Trinajstić information content (AvgIpc) is 2.57. The maximum absolute atomic E-state index is 10.1. The molecule has 0 spiro atoms. The van der Waals surface area contributed by atoms with Crippen LogP contribution >= 0.6 is 0 Å². The highest BCUT2D eigenvalue weighted by Crippen LogP contribution is 2.13. The van der Waals surface area contributed by atoms with E-state index in [1.54, 1.807) is 0 Å². The van der Waals surface area contributed by atoms with Gasteiger partial charge in [0.15, 0.2) is 0 Å². The average molecular weight is 321 g/mol. The third kappa shape index (κ3) is 21.1. The van der Waals surface area contributed by atoms with E-state index >= 15 is 0 Å². The van der Waals surface area contributed by atoms with Crippen molar-refractivity contribution in [2.24, 2.45) is 0 Å². The van der Waals surface area contributed by atoms with Crippen LogP contribution in [0, 0.1) is 0 Å². The molecule has 1 nitrogen and oxygen atoms in total. The van der Waals surface area contributed by atoms with Crippen molar-refractivity contribution in [2.45, 2.75) is 110 Å². The van der Waals surface area contributed by atoms with Crippen molar-refractivity contribution in [1.29, 1.82) is 0 Å². The van der Waals surface area contributed by atoms with Crippen molar-refractivity contribution in [3.63, 3.8) is 0 Å². The molecule has 0 fully saturated rings. The van der Waals surface area contributed by atoms with Crippen LogP contribution in [0.15, 0.2) is 24.3 Å². The minimum Gasteiger partial charge on any atom is -0.303 e. The van der Waals surface area contributed by atoms with Crippen molar-refractivity contribution < 1.29 is 4.79 Å². The number of rotatable bonds is 18. The van der Waals surface area contributed by atoms with Crippen LogP contribution in [0.3, 0.4) is 0 Å². The molecule has 0 aromatic carbocycles. The monoisotopic (exact) mass is 320 g/mol. The van der Waals surface area contributed by atoms with Crippen LogP contribution in [0.4, 0.5) is 0 Å². The van der Waals surface area contributed by atoms with Crippen molar-refractivity contribution in [3.8, 4) is 0 Å². The molecule has 0 radical (unpaired) electrons. The fourth-order valence-electron chi connectivity index (χ4n) is 2.84. The maximum atomic E-state index is 10.1. The topological polar surface area (TPSA) is 17.1 Å². The molecule has 0 unspecified atom stereocenters. The summed E-state index contributed by atoms with van der Waals surface area (Å²) in [6, 6.07) is 0. The summed E-state index contributed by atoms with van der Waals surface area (Å²) in [5.74, 6) is 0. The van der Waals surface area contributed by atoms with Crippen molar-refractivity contribution in [3.05, 3.63) is 24.3 Å². The summed E-state index contributed by atoms with van der Waals surface area (Å²) in [6.45, 7) is 2.28. The zero-order valence-electron chi connectivity index (χ0n) is 15.6. The zero-order valence-corrected chi connectivity index (χ0v) is 15.6. The number of aldehydes is 1. The number of allylic oxidation sites excluding steroid dienone is 4. The Bertz CT molecular complexity index is 278. The standard InChI is InChI=1S/C22H40O/c1-2-3-4-5-6-7-8-9-10-11-12-13-14-15-16-17-18-19-20-21-22-23/h17-20,22H,2-16,21H2,1H3. The first kappa shape index (κ1) is 22.1. The second-order valence-electron chi connectivity index (χ2n) is 6.64. The predicted octanol–water partition coefficient (Wildman–Crippen LogP) is 7.56. The molecule has 0 bridgehead atoms. The smallest absolute Gasteiger partial charge is 0.123 e. The molecule has 0 aliphatic carbocycles. The Labute approximate surface area is 145 Å². The van der Waals surface area contributed by atoms with E-state index in [4.69, 9.17) is 0 Å². The quantitative estimate of drug-likeness (QED) is 0.145. The molecule has 0 aromatic rings. The second-order valence-corrected chi connectivity index (χ2v) is 6.64. The predicted molar refractivity (Wildman–Crippen MR) is 104 cm³/mol. The van der Waals surface area contributed by atoms with Gasteiger partial charge in [0.2, 0.25) is 0 Å². The van der Waals surface area contributed by atoms with E-state index in [2.05, 4.69) is 19.1 Å². The Kier molecular flexibility index (Phi) is 20.4. The van der Waals surface area contributed by atoms with Crippen LogP contribution in [0.5, 0.6) is 0 Å². The molecule has 134 valence electrons. The lowest BCUT2D eigenvalue weighted by Gasteiger charge is -2.02. The second kappa shape index (κ2) is 21.1. The minimum absolute atomic E-state index is 0.531. The van der Waals surface area contributed by atoms with E-state index in [9.17, 15) is 4.79 Å². The Morgan fingerprint density at radius 3 is 1.48 bits per heavy atom. The first-order valence-electron chi connectivity index (χ1n) is 10.2. The normalized spacial score (nSPS) is 11.7. The van der Waals surface area contributed by atoms with Gasteiger partial charge in [-0.3, -0.25) is 0 Å². The summed E-state index contributed by atoms with van der Waals surface area (Å²) < 4.78 is 0. The van der Waals surface area contributed by atoms with Crippen molar-refractivity contribution in [2.75, 3.05) is 0 Å². The number of hydrogen-bond donors (Lipinski definition) is 0. The van der Waals surface area contributed by atoms with Gasteiger partial charge >= 0.3 is 0 Å². The number of carbonyl (C=O) groups excluding carboxylic acids is 1. The van der Waals surface area contributed by atoms with Gasteiger partial charge in [0, 0.05) is 6.42 Å². The molecule has 0 saturated heterocycles. The van der Waals surface area contributed by atoms with Crippen LogP contribution in [0.2, 0.25) is 0 Å². The summed E-state index contributed by atoms with van der Waals surface area (Å²) in [4.78, 5) is 10.1. The maximum Gasteiger partial charge on any atom is 0.123 e. The van der Waals surface area contributed by atoms with Crippen LogP contribution in [-0.4, -0.2) is 6.29 Å². The molecule has 0 heterocycles. The third-order valence-electron chi connectivity index (χ3n) is 4.34. The molecule has 0 atom stereocenters. The van der Waals surface area contributed by atoms with Crippen LogP contribution in [-0.2, 0) is 4.79 Å². The Hall–Kier alpha value is -0.850. The molecule has 0 aliphatic rings. The fraction of sp³-hybridized carbons (Fsp3) is 0.773. The largest absolute Gasteiger partial charge is 0.303 e. The first-order valence-corrected chi connectivity index (χ1v) is 10.2. The van der Waals surface area contributed by atoms with Crippen molar-refractivity contribution >= 4 is 6.29 Å². The van der Waals surface area contributed by atoms with Gasteiger partial charge in [-0.1, -0.05) is 115 Å². The molecular formula is C22H40O.